The lowest BCUT2D eigenvalue weighted by Gasteiger charge is -2.05. The van der Waals surface area contributed by atoms with Crippen molar-refractivity contribution in [1.29, 1.82) is 0 Å². The first-order chi connectivity index (χ1) is 9.22. The van der Waals surface area contributed by atoms with Gasteiger partial charge in [-0.3, -0.25) is 4.79 Å². The molecule has 1 aromatic heterocycles. The Morgan fingerprint density at radius 1 is 1.16 bits per heavy atom. The number of carbonyl (C=O) groups is 1. The molecular formula is C14H11N3O2. The predicted molar refractivity (Wildman–Crippen MR) is 72.2 cm³/mol. The molecule has 0 bridgehead atoms. The molecule has 3 aromatic rings. The van der Waals surface area contributed by atoms with Crippen molar-refractivity contribution in [2.45, 2.75) is 0 Å². The van der Waals surface area contributed by atoms with Gasteiger partial charge >= 0.3 is 0 Å². The molecule has 94 valence electrons. The number of nitrogens with one attached hydrogen (secondary N) is 2. The van der Waals surface area contributed by atoms with Crippen LogP contribution in [0.5, 0.6) is 5.75 Å². The molecule has 0 aliphatic carbocycles. The Bertz CT molecular complexity index is 732. The van der Waals surface area contributed by atoms with Gasteiger partial charge in [-0.1, -0.05) is 0 Å². The maximum atomic E-state index is 12.0. The Hall–Kier alpha value is -2.82. The number of rotatable bonds is 2. The summed E-state index contributed by atoms with van der Waals surface area (Å²) in [6, 6.07) is 11.5. The molecule has 0 spiro atoms. The molecule has 2 aromatic carbocycles. The normalized spacial score (nSPS) is 10.5. The number of imidazole rings is 1. The van der Waals surface area contributed by atoms with Crippen LogP contribution >= 0.6 is 0 Å². The quantitative estimate of drug-likeness (QED) is 0.656. The second-order valence-electron chi connectivity index (χ2n) is 4.14. The number of hydrogen-bond donors (Lipinski definition) is 3. The monoisotopic (exact) mass is 253 g/mol. The molecule has 0 radical (unpaired) electrons. The topological polar surface area (TPSA) is 78.0 Å². The number of anilines is 1. The molecule has 0 atom stereocenters. The van der Waals surface area contributed by atoms with Gasteiger partial charge in [-0.2, -0.15) is 0 Å². The van der Waals surface area contributed by atoms with Crippen molar-refractivity contribution in [3.05, 3.63) is 54.4 Å². The van der Waals surface area contributed by atoms with Gasteiger partial charge in [0.25, 0.3) is 5.91 Å². The smallest absolute Gasteiger partial charge is 0.255 e. The summed E-state index contributed by atoms with van der Waals surface area (Å²) in [5, 5.41) is 12.0. The van der Waals surface area contributed by atoms with Gasteiger partial charge < -0.3 is 15.4 Å². The van der Waals surface area contributed by atoms with Crippen molar-refractivity contribution in [3.63, 3.8) is 0 Å². The minimum Gasteiger partial charge on any atom is -0.508 e. The van der Waals surface area contributed by atoms with E-state index in [4.69, 9.17) is 0 Å². The van der Waals surface area contributed by atoms with Gasteiger partial charge in [0, 0.05) is 11.3 Å². The van der Waals surface area contributed by atoms with Crippen LogP contribution in [0.3, 0.4) is 0 Å². The first kappa shape index (κ1) is 11.3. The molecule has 0 aliphatic rings. The van der Waals surface area contributed by atoms with E-state index in [2.05, 4.69) is 15.3 Å². The number of phenolic OH excluding ortho intramolecular Hbond substituents is 1. The van der Waals surface area contributed by atoms with Gasteiger partial charge in [0.2, 0.25) is 0 Å². The molecule has 0 unspecified atom stereocenters. The highest BCUT2D eigenvalue weighted by atomic mass is 16.3. The van der Waals surface area contributed by atoms with Crippen LogP contribution in [0.2, 0.25) is 0 Å². The Kier molecular flexibility index (Phi) is 2.64. The zero-order chi connectivity index (χ0) is 13.2. The fraction of sp³-hybridized carbons (Fsp3) is 0. The Labute approximate surface area is 108 Å². The Morgan fingerprint density at radius 3 is 2.74 bits per heavy atom. The zero-order valence-electron chi connectivity index (χ0n) is 9.92. The Morgan fingerprint density at radius 2 is 1.95 bits per heavy atom. The van der Waals surface area contributed by atoms with Crippen LogP contribution < -0.4 is 5.32 Å². The van der Waals surface area contributed by atoms with Gasteiger partial charge in [0.15, 0.2) is 0 Å². The van der Waals surface area contributed by atoms with Gasteiger partial charge in [-0.25, -0.2) is 4.98 Å². The molecule has 3 N–H and O–H groups in total. The molecular weight excluding hydrogens is 242 g/mol. The van der Waals surface area contributed by atoms with Crippen molar-refractivity contribution in [2.24, 2.45) is 0 Å². The molecule has 0 aliphatic heterocycles. The van der Waals surface area contributed by atoms with E-state index in [1.54, 1.807) is 24.5 Å². The average Bonchev–Trinajstić information content (AvgIpc) is 2.87. The van der Waals surface area contributed by atoms with E-state index < -0.39 is 0 Å². The number of benzene rings is 2. The van der Waals surface area contributed by atoms with Crippen molar-refractivity contribution < 1.29 is 9.90 Å². The predicted octanol–water partition coefficient (Wildman–Crippen LogP) is 2.52. The molecule has 0 saturated carbocycles. The third-order valence-corrected chi connectivity index (χ3v) is 2.81. The number of carbonyl (C=O) groups excluding carboxylic acids is 1. The minimum absolute atomic E-state index is 0.135. The van der Waals surface area contributed by atoms with Crippen LogP contribution in [0, 0.1) is 0 Å². The van der Waals surface area contributed by atoms with Crippen LogP contribution in [0.25, 0.3) is 11.0 Å². The van der Waals surface area contributed by atoms with Crippen molar-refractivity contribution in [1.82, 2.24) is 9.97 Å². The SMILES string of the molecule is O=C(Nc1ccc2nc[nH]c2c1)c1ccc(O)cc1. The van der Waals surface area contributed by atoms with Crippen LogP contribution in [0.15, 0.2) is 48.8 Å². The van der Waals surface area contributed by atoms with E-state index in [1.807, 2.05) is 12.1 Å². The summed E-state index contributed by atoms with van der Waals surface area (Å²) >= 11 is 0. The van der Waals surface area contributed by atoms with Gasteiger partial charge in [-0.05, 0) is 42.5 Å². The molecule has 1 amide bonds. The largest absolute Gasteiger partial charge is 0.508 e. The number of nitrogens with zero attached hydrogens (tertiary/aromatic N) is 1. The van der Waals surface area contributed by atoms with E-state index in [0.717, 1.165) is 11.0 Å². The van der Waals surface area contributed by atoms with Gasteiger partial charge in [0.1, 0.15) is 5.75 Å². The third-order valence-electron chi connectivity index (χ3n) is 2.81. The average molecular weight is 253 g/mol. The second kappa shape index (κ2) is 4.45. The third kappa shape index (κ3) is 2.26. The first-order valence-corrected chi connectivity index (χ1v) is 5.76. The van der Waals surface area contributed by atoms with Crippen LogP contribution in [0.4, 0.5) is 5.69 Å². The van der Waals surface area contributed by atoms with E-state index >= 15 is 0 Å². The highest BCUT2D eigenvalue weighted by molar-refractivity contribution is 6.05. The van der Waals surface area contributed by atoms with E-state index in [-0.39, 0.29) is 11.7 Å². The summed E-state index contributed by atoms with van der Waals surface area (Å²) in [7, 11) is 0. The zero-order valence-corrected chi connectivity index (χ0v) is 9.92. The lowest BCUT2D eigenvalue weighted by atomic mass is 10.2. The molecule has 5 nitrogen and oxygen atoms in total. The lowest BCUT2D eigenvalue weighted by Crippen LogP contribution is -2.11. The van der Waals surface area contributed by atoms with Gasteiger partial charge in [-0.15, -0.1) is 0 Å². The maximum Gasteiger partial charge on any atom is 0.255 e. The fourth-order valence-electron chi connectivity index (χ4n) is 1.83. The number of phenols is 1. The maximum absolute atomic E-state index is 12.0. The summed E-state index contributed by atoms with van der Waals surface area (Å²) in [6.45, 7) is 0. The van der Waals surface area contributed by atoms with Crippen LogP contribution in [-0.4, -0.2) is 21.0 Å². The number of hydrogen-bond acceptors (Lipinski definition) is 3. The summed E-state index contributed by atoms with van der Waals surface area (Å²) in [4.78, 5) is 19.1. The van der Waals surface area contributed by atoms with E-state index in [1.165, 1.54) is 12.1 Å². The lowest BCUT2D eigenvalue weighted by molar-refractivity contribution is 0.102. The highest BCUT2D eigenvalue weighted by Crippen LogP contribution is 2.17. The van der Waals surface area contributed by atoms with Crippen molar-refractivity contribution >= 4 is 22.6 Å². The summed E-state index contributed by atoms with van der Waals surface area (Å²) in [5.74, 6) is -0.0886. The van der Waals surface area contributed by atoms with Crippen LogP contribution in [0.1, 0.15) is 10.4 Å². The van der Waals surface area contributed by atoms with Crippen LogP contribution in [-0.2, 0) is 0 Å². The summed E-state index contributed by atoms with van der Waals surface area (Å²) in [6.07, 6.45) is 1.61. The number of aromatic amines is 1. The summed E-state index contributed by atoms with van der Waals surface area (Å²) < 4.78 is 0. The number of amides is 1. The van der Waals surface area contributed by atoms with E-state index in [9.17, 15) is 9.90 Å². The summed E-state index contributed by atoms with van der Waals surface area (Å²) in [5.41, 5.74) is 2.89. The number of aromatic nitrogens is 2. The second-order valence-corrected chi connectivity index (χ2v) is 4.14. The standard InChI is InChI=1S/C14H11N3O2/c18-11-4-1-9(2-5-11)14(19)17-10-3-6-12-13(7-10)16-8-15-12/h1-8,18H,(H,15,16)(H,17,19). The van der Waals surface area contributed by atoms with Crippen molar-refractivity contribution in [3.8, 4) is 5.75 Å². The fourth-order valence-corrected chi connectivity index (χ4v) is 1.83. The minimum atomic E-state index is -0.223. The molecule has 0 saturated heterocycles. The molecule has 5 heteroatoms. The highest BCUT2D eigenvalue weighted by Gasteiger charge is 2.06. The number of aromatic hydroxyl groups is 1. The van der Waals surface area contributed by atoms with Crippen molar-refractivity contribution in [2.75, 3.05) is 5.32 Å². The number of fused-ring (bicyclic) bond motifs is 1. The molecule has 3 rings (SSSR count). The molecule has 1 heterocycles. The number of H-pyrrole nitrogens is 1. The molecule has 19 heavy (non-hydrogen) atoms. The molecule has 0 fully saturated rings. The van der Waals surface area contributed by atoms with Gasteiger partial charge in [0.05, 0.1) is 17.4 Å². The first-order valence-electron chi connectivity index (χ1n) is 5.76. The Balaban J connectivity index is 1.83. The van der Waals surface area contributed by atoms with E-state index in [0.29, 0.717) is 11.3 Å².